The second-order valence-corrected chi connectivity index (χ2v) is 10.9. The topological polar surface area (TPSA) is 150 Å². The molecular weight excluding hydrogens is 612 g/mol. The normalized spacial score (nSPS) is 20.5. The van der Waals surface area contributed by atoms with Gasteiger partial charge in [-0.25, -0.2) is 4.79 Å². The fourth-order valence-corrected chi connectivity index (χ4v) is 5.75. The van der Waals surface area contributed by atoms with Crippen molar-refractivity contribution in [1.82, 2.24) is 0 Å². The maximum Gasteiger partial charge on any atom is 0.338 e. The molecule has 0 amide bonds. The number of hydrogen-bond acceptors (Lipinski definition) is 12. The molecule has 0 radical (unpaired) electrons. The van der Waals surface area contributed by atoms with Crippen LogP contribution < -0.4 is 4.74 Å². The lowest BCUT2D eigenvalue weighted by Crippen LogP contribution is -2.59. The summed E-state index contributed by atoms with van der Waals surface area (Å²) in [5.74, 6) is -2.89. The zero-order valence-corrected chi connectivity index (χ0v) is 27.1. The van der Waals surface area contributed by atoms with Crippen molar-refractivity contribution in [3.8, 4) is 16.9 Å². The number of carbonyl (C=O) groups is 5. The SMILES string of the molecule is CCOc1ccc(Cc2cc3cccccc-3c2C(=O)OC)cc1C1OC(COC(C)=O)C(OC(C)=O)C(OC(C)=O)C1OC(C)=O. The van der Waals surface area contributed by atoms with E-state index in [4.69, 9.17) is 33.2 Å². The standard InChI is InChI=1S/C35H38O12/c1-7-42-28-14-13-23(15-25-17-24-11-9-8-10-12-26(24)30(25)35(40)41-6)16-27(28)31-33(45-21(4)38)34(46-22(5)39)32(44-20(3)37)29(47-31)18-43-19(2)36/h8-14,16-17,29,31-34H,7,15,18H2,1-6H3. The van der Waals surface area contributed by atoms with Crippen LogP contribution in [0.2, 0.25) is 0 Å². The van der Waals surface area contributed by atoms with E-state index in [2.05, 4.69) is 0 Å². The van der Waals surface area contributed by atoms with E-state index >= 15 is 0 Å². The van der Waals surface area contributed by atoms with E-state index in [0.717, 1.165) is 36.1 Å². The van der Waals surface area contributed by atoms with Gasteiger partial charge in [-0.2, -0.15) is 0 Å². The predicted octanol–water partition coefficient (Wildman–Crippen LogP) is 4.37. The molecule has 1 aliphatic heterocycles. The fourth-order valence-electron chi connectivity index (χ4n) is 5.75. The van der Waals surface area contributed by atoms with Crippen LogP contribution in [0.4, 0.5) is 0 Å². The molecule has 1 fully saturated rings. The van der Waals surface area contributed by atoms with Crippen molar-refractivity contribution in [2.24, 2.45) is 0 Å². The van der Waals surface area contributed by atoms with Crippen LogP contribution in [-0.2, 0) is 54.0 Å². The van der Waals surface area contributed by atoms with Crippen molar-refractivity contribution < 1.29 is 57.1 Å². The Morgan fingerprint density at radius 3 is 2.06 bits per heavy atom. The number of rotatable bonds is 11. The highest BCUT2D eigenvalue weighted by Gasteiger charge is 2.53. The Bertz CT molecular complexity index is 1600. The van der Waals surface area contributed by atoms with Gasteiger partial charge in [0.1, 0.15) is 24.6 Å². The van der Waals surface area contributed by atoms with Gasteiger partial charge in [0, 0.05) is 33.3 Å². The molecule has 250 valence electrons. The van der Waals surface area contributed by atoms with Gasteiger partial charge in [0.2, 0.25) is 0 Å². The number of hydrogen-bond donors (Lipinski definition) is 0. The van der Waals surface area contributed by atoms with E-state index in [1.807, 2.05) is 42.5 Å². The van der Waals surface area contributed by atoms with E-state index in [1.54, 1.807) is 19.1 Å². The first kappa shape index (κ1) is 34.9. The highest BCUT2D eigenvalue weighted by Crippen LogP contribution is 2.42. The molecule has 3 aliphatic rings. The van der Waals surface area contributed by atoms with Gasteiger partial charge in [0.25, 0.3) is 0 Å². The Hall–Kier alpha value is -4.97. The molecule has 0 bridgehead atoms. The zero-order valence-electron chi connectivity index (χ0n) is 27.1. The second kappa shape index (κ2) is 15.5. The summed E-state index contributed by atoms with van der Waals surface area (Å²) in [6.45, 7) is 6.42. The Morgan fingerprint density at radius 1 is 0.766 bits per heavy atom. The van der Waals surface area contributed by atoms with Crippen molar-refractivity contribution in [2.45, 2.75) is 71.6 Å². The lowest BCUT2D eigenvalue weighted by Gasteiger charge is -2.44. The van der Waals surface area contributed by atoms with E-state index in [-0.39, 0.29) is 13.2 Å². The van der Waals surface area contributed by atoms with Crippen LogP contribution in [-0.4, -0.2) is 74.6 Å². The van der Waals surface area contributed by atoms with Crippen LogP contribution in [0, 0.1) is 0 Å². The van der Waals surface area contributed by atoms with Gasteiger partial charge in [-0.3, -0.25) is 19.2 Å². The summed E-state index contributed by atoms with van der Waals surface area (Å²) in [7, 11) is 1.33. The van der Waals surface area contributed by atoms with Gasteiger partial charge >= 0.3 is 29.8 Å². The van der Waals surface area contributed by atoms with E-state index in [9.17, 15) is 24.0 Å². The van der Waals surface area contributed by atoms with Gasteiger partial charge in [-0.1, -0.05) is 36.4 Å². The molecule has 5 unspecified atom stereocenters. The number of ether oxygens (including phenoxy) is 7. The van der Waals surface area contributed by atoms with Gasteiger partial charge in [0.15, 0.2) is 18.3 Å². The summed E-state index contributed by atoms with van der Waals surface area (Å²) in [4.78, 5) is 61.7. The monoisotopic (exact) mass is 650 g/mol. The molecule has 0 aromatic heterocycles. The zero-order chi connectivity index (χ0) is 34.2. The summed E-state index contributed by atoms with van der Waals surface area (Å²) in [6, 6.07) is 16.6. The first-order valence-corrected chi connectivity index (χ1v) is 15.1. The first-order valence-electron chi connectivity index (χ1n) is 15.1. The van der Waals surface area contributed by atoms with Crippen LogP contribution >= 0.6 is 0 Å². The Kier molecular flexibility index (Phi) is 11.5. The maximum absolute atomic E-state index is 13.0. The number of esters is 5. The molecule has 1 heterocycles. The molecule has 12 nitrogen and oxygen atoms in total. The van der Waals surface area contributed by atoms with Crippen molar-refractivity contribution in [2.75, 3.05) is 20.3 Å². The third-order valence-corrected chi connectivity index (χ3v) is 7.45. The summed E-state index contributed by atoms with van der Waals surface area (Å²) in [6.07, 6.45) is -5.92. The van der Waals surface area contributed by atoms with Gasteiger partial charge < -0.3 is 33.2 Å². The molecule has 0 N–H and O–H groups in total. The van der Waals surface area contributed by atoms with Crippen LogP contribution in [0.3, 0.4) is 0 Å². The quantitative estimate of drug-likeness (QED) is 0.214. The molecule has 1 saturated heterocycles. The minimum Gasteiger partial charge on any atom is -0.493 e. The Morgan fingerprint density at radius 2 is 1.43 bits per heavy atom. The molecule has 0 saturated carbocycles. The molecule has 0 spiro atoms. The molecule has 4 rings (SSSR count). The lowest BCUT2D eigenvalue weighted by atomic mass is 9.88. The second-order valence-electron chi connectivity index (χ2n) is 10.9. The third-order valence-electron chi connectivity index (χ3n) is 7.45. The number of benzene rings is 1. The Labute approximate surface area is 272 Å². The number of carbonyl (C=O) groups excluding carboxylic acids is 5. The predicted molar refractivity (Wildman–Crippen MR) is 166 cm³/mol. The van der Waals surface area contributed by atoms with Crippen molar-refractivity contribution in [3.05, 3.63) is 76.9 Å². The molecular formula is C35H38O12. The van der Waals surface area contributed by atoms with Crippen LogP contribution in [0.5, 0.6) is 5.75 Å². The molecule has 1 aromatic rings. The fraction of sp³-hybridized carbons (Fsp3) is 0.400. The van der Waals surface area contributed by atoms with Crippen molar-refractivity contribution in [1.29, 1.82) is 0 Å². The lowest BCUT2D eigenvalue weighted by molar-refractivity contribution is -0.254. The average Bonchev–Trinajstić information content (AvgIpc) is 3.17. The number of methoxy groups -OCH3 is 1. The largest absolute Gasteiger partial charge is 0.493 e. The average molecular weight is 651 g/mol. The van der Waals surface area contributed by atoms with Crippen molar-refractivity contribution in [3.63, 3.8) is 0 Å². The van der Waals surface area contributed by atoms with E-state index < -0.39 is 60.4 Å². The van der Waals surface area contributed by atoms with Crippen LogP contribution in [0.25, 0.3) is 11.1 Å². The maximum atomic E-state index is 13.0. The molecule has 12 heteroatoms. The summed E-state index contributed by atoms with van der Waals surface area (Å²) in [5, 5.41) is 0. The summed E-state index contributed by atoms with van der Waals surface area (Å²) in [5.41, 5.74) is 3.90. The summed E-state index contributed by atoms with van der Waals surface area (Å²) >= 11 is 0. The third kappa shape index (κ3) is 8.44. The molecule has 2 aliphatic carbocycles. The van der Waals surface area contributed by atoms with E-state index in [0.29, 0.717) is 23.3 Å². The van der Waals surface area contributed by atoms with Gasteiger partial charge in [-0.15, -0.1) is 0 Å². The first-order chi connectivity index (χ1) is 22.4. The van der Waals surface area contributed by atoms with E-state index in [1.165, 1.54) is 21.0 Å². The Balaban J connectivity index is 1.86. The number of fused-ring (bicyclic) bond motifs is 1. The van der Waals surface area contributed by atoms with Crippen molar-refractivity contribution >= 4 is 29.8 Å². The molecule has 5 atom stereocenters. The molecule has 1 aromatic carbocycles. The van der Waals surface area contributed by atoms with Gasteiger partial charge in [-0.05, 0) is 53.8 Å². The van der Waals surface area contributed by atoms with Gasteiger partial charge in [0.05, 0.1) is 19.3 Å². The minimum atomic E-state index is -1.34. The van der Waals surface area contributed by atoms with Crippen LogP contribution in [0.15, 0.2) is 54.6 Å². The summed E-state index contributed by atoms with van der Waals surface area (Å²) < 4.78 is 39.6. The smallest absolute Gasteiger partial charge is 0.338 e. The highest BCUT2D eigenvalue weighted by atomic mass is 16.7. The molecule has 47 heavy (non-hydrogen) atoms. The minimum absolute atomic E-state index is 0.273. The van der Waals surface area contributed by atoms with Crippen LogP contribution in [0.1, 0.15) is 67.8 Å². The highest BCUT2D eigenvalue weighted by molar-refractivity contribution is 6.01.